The number of H-pyrrole nitrogens is 1. The fourth-order valence-electron chi connectivity index (χ4n) is 3.07. The van der Waals surface area contributed by atoms with E-state index in [1.165, 1.54) is 16.7 Å². The Morgan fingerprint density at radius 1 is 0.966 bits per heavy atom. The smallest absolute Gasteiger partial charge is 0.271 e. The highest BCUT2D eigenvalue weighted by atomic mass is 16.2. The van der Waals surface area contributed by atoms with Gasteiger partial charge in [0.05, 0.1) is 17.2 Å². The number of hydrogen-bond donors (Lipinski definition) is 2. The second-order valence-corrected chi connectivity index (χ2v) is 7.23. The number of nitrogens with one attached hydrogen (secondary N) is 2. The van der Waals surface area contributed by atoms with Crippen LogP contribution in [-0.2, 0) is 0 Å². The van der Waals surface area contributed by atoms with Gasteiger partial charge in [0.25, 0.3) is 5.91 Å². The fourth-order valence-corrected chi connectivity index (χ4v) is 3.07. The number of nitrogens with zero attached hydrogens (tertiary/aromatic N) is 2. The molecule has 4 rings (SSSR count). The summed E-state index contributed by atoms with van der Waals surface area (Å²) in [6.45, 7) is 6.20. The molecule has 0 unspecified atom stereocenters. The normalized spacial score (nSPS) is 11.3. The molecular formula is C24H22N4O. The molecule has 0 aliphatic rings. The Morgan fingerprint density at radius 2 is 1.66 bits per heavy atom. The lowest BCUT2D eigenvalue weighted by molar-refractivity contribution is 0.0955. The summed E-state index contributed by atoms with van der Waals surface area (Å²) in [5.74, 6) is 0.533. The number of fused-ring (bicyclic) bond motifs is 1. The van der Waals surface area contributed by atoms with Crippen molar-refractivity contribution < 1.29 is 4.79 Å². The summed E-state index contributed by atoms with van der Waals surface area (Å²) in [6.07, 6.45) is 1.63. The number of carbonyl (C=O) groups excluding carboxylic acids is 1. The second kappa shape index (κ2) is 7.72. The van der Waals surface area contributed by atoms with Crippen LogP contribution in [0.3, 0.4) is 0 Å². The minimum absolute atomic E-state index is 0.254. The molecule has 0 bridgehead atoms. The molecule has 0 saturated heterocycles. The molecule has 2 N–H and O–H groups in total. The van der Waals surface area contributed by atoms with E-state index in [1.807, 2.05) is 43.3 Å². The van der Waals surface area contributed by atoms with Crippen molar-refractivity contribution in [1.82, 2.24) is 15.4 Å². The molecule has 0 spiro atoms. The number of hydrogen-bond acceptors (Lipinski definition) is 3. The van der Waals surface area contributed by atoms with E-state index in [1.54, 1.807) is 18.3 Å². The van der Waals surface area contributed by atoms with Crippen LogP contribution in [0.15, 0.2) is 65.8 Å². The number of amides is 1. The van der Waals surface area contributed by atoms with Crippen LogP contribution in [0, 0.1) is 20.8 Å². The van der Waals surface area contributed by atoms with Gasteiger partial charge in [-0.2, -0.15) is 5.10 Å². The third-order valence-electron chi connectivity index (χ3n) is 4.97. The molecule has 144 valence electrons. The van der Waals surface area contributed by atoms with Gasteiger partial charge in [-0.05, 0) is 61.7 Å². The average Bonchev–Trinajstić information content (AvgIpc) is 3.12. The monoisotopic (exact) mass is 382 g/mol. The van der Waals surface area contributed by atoms with Crippen LogP contribution in [0.4, 0.5) is 0 Å². The van der Waals surface area contributed by atoms with Gasteiger partial charge in [-0.15, -0.1) is 0 Å². The maximum absolute atomic E-state index is 12.3. The Kier molecular flexibility index (Phi) is 4.96. The first kappa shape index (κ1) is 18.6. The van der Waals surface area contributed by atoms with Crippen LogP contribution in [-0.4, -0.2) is 22.1 Å². The maximum Gasteiger partial charge on any atom is 0.271 e. The van der Waals surface area contributed by atoms with Gasteiger partial charge < -0.3 is 4.98 Å². The largest absolute Gasteiger partial charge is 0.338 e. The van der Waals surface area contributed by atoms with E-state index in [2.05, 4.69) is 46.5 Å². The molecule has 1 aromatic heterocycles. The predicted molar refractivity (Wildman–Crippen MR) is 117 cm³/mol. The zero-order chi connectivity index (χ0) is 20.4. The van der Waals surface area contributed by atoms with Gasteiger partial charge in [-0.1, -0.05) is 42.0 Å². The minimum atomic E-state index is -0.254. The summed E-state index contributed by atoms with van der Waals surface area (Å²) < 4.78 is 0. The van der Waals surface area contributed by atoms with E-state index in [-0.39, 0.29) is 5.91 Å². The second-order valence-electron chi connectivity index (χ2n) is 7.23. The summed E-state index contributed by atoms with van der Waals surface area (Å²) in [5.41, 5.74) is 10.5. The lowest BCUT2D eigenvalue weighted by atomic mass is 10.1. The molecule has 0 radical (unpaired) electrons. The fraction of sp³-hybridized carbons (Fsp3) is 0.125. The molecule has 29 heavy (non-hydrogen) atoms. The van der Waals surface area contributed by atoms with Crippen molar-refractivity contribution in [3.8, 4) is 11.4 Å². The van der Waals surface area contributed by atoms with Crippen LogP contribution >= 0.6 is 0 Å². The number of carbonyl (C=O) groups is 1. The zero-order valence-corrected chi connectivity index (χ0v) is 16.7. The predicted octanol–water partition coefficient (Wildman–Crippen LogP) is 4.92. The van der Waals surface area contributed by atoms with Crippen molar-refractivity contribution in [1.29, 1.82) is 0 Å². The Hall–Kier alpha value is -3.73. The van der Waals surface area contributed by atoms with E-state index < -0.39 is 0 Å². The lowest BCUT2D eigenvalue weighted by Crippen LogP contribution is -2.17. The van der Waals surface area contributed by atoms with Crippen molar-refractivity contribution in [2.75, 3.05) is 0 Å². The highest BCUT2D eigenvalue weighted by Crippen LogP contribution is 2.23. The van der Waals surface area contributed by atoms with Gasteiger partial charge >= 0.3 is 0 Å². The average molecular weight is 382 g/mol. The first-order valence-corrected chi connectivity index (χ1v) is 9.47. The Balaban J connectivity index is 1.47. The number of rotatable bonds is 4. The van der Waals surface area contributed by atoms with Gasteiger partial charge in [0, 0.05) is 11.1 Å². The number of aromatic nitrogens is 2. The van der Waals surface area contributed by atoms with Gasteiger partial charge in [-0.25, -0.2) is 10.4 Å². The molecule has 5 heteroatoms. The van der Waals surface area contributed by atoms with Crippen molar-refractivity contribution in [3.05, 3.63) is 88.5 Å². The Morgan fingerprint density at radius 3 is 2.38 bits per heavy atom. The van der Waals surface area contributed by atoms with Crippen molar-refractivity contribution in [2.45, 2.75) is 20.8 Å². The highest BCUT2D eigenvalue weighted by Gasteiger charge is 2.09. The summed E-state index contributed by atoms with van der Waals surface area (Å²) in [5, 5.41) is 4.03. The van der Waals surface area contributed by atoms with Gasteiger partial charge in [0.1, 0.15) is 5.82 Å². The molecule has 4 aromatic rings. The SMILES string of the molecule is Cc1ccc(/C=N/NC(=O)c2ccc(-c3nc4cc(C)c(C)cc4[nH]3)cc2)cc1. The van der Waals surface area contributed by atoms with Crippen molar-refractivity contribution in [2.24, 2.45) is 5.10 Å². The van der Waals surface area contributed by atoms with Crippen LogP contribution in [0.5, 0.6) is 0 Å². The molecule has 1 heterocycles. The van der Waals surface area contributed by atoms with Crippen LogP contribution in [0.1, 0.15) is 32.6 Å². The summed E-state index contributed by atoms with van der Waals surface area (Å²) in [7, 11) is 0. The quantitative estimate of drug-likeness (QED) is 0.388. The number of benzene rings is 3. The van der Waals surface area contributed by atoms with Crippen LogP contribution in [0.25, 0.3) is 22.4 Å². The highest BCUT2D eigenvalue weighted by molar-refractivity contribution is 5.95. The number of aryl methyl sites for hydroxylation is 3. The third-order valence-corrected chi connectivity index (χ3v) is 4.97. The number of hydrazone groups is 1. The Labute approximate surface area is 169 Å². The van der Waals surface area contributed by atoms with Crippen molar-refractivity contribution in [3.63, 3.8) is 0 Å². The molecule has 3 aromatic carbocycles. The van der Waals surface area contributed by atoms with Crippen LogP contribution < -0.4 is 5.43 Å². The molecule has 0 atom stereocenters. The summed E-state index contributed by atoms with van der Waals surface area (Å²) in [4.78, 5) is 20.3. The molecule has 1 amide bonds. The third kappa shape index (κ3) is 4.09. The maximum atomic E-state index is 12.3. The minimum Gasteiger partial charge on any atom is -0.338 e. The van der Waals surface area contributed by atoms with Gasteiger partial charge in [0.2, 0.25) is 0 Å². The summed E-state index contributed by atoms with van der Waals surface area (Å²) >= 11 is 0. The zero-order valence-electron chi connectivity index (χ0n) is 16.7. The van der Waals surface area contributed by atoms with E-state index >= 15 is 0 Å². The van der Waals surface area contributed by atoms with E-state index in [0.29, 0.717) is 5.56 Å². The number of imidazole rings is 1. The van der Waals surface area contributed by atoms with E-state index in [0.717, 1.165) is 28.0 Å². The molecule has 0 fully saturated rings. The van der Waals surface area contributed by atoms with Gasteiger partial charge in [0.15, 0.2) is 0 Å². The first-order chi connectivity index (χ1) is 14.0. The van der Waals surface area contributed by atoms with Gasteiger partial charge in [-0.3, -0.25) is 4.79 Å². The number of aromatic amines is 1. The standard InChI is InChI=1S/C24H22N4O/c1-15-4-6-18(7-5-15)14-25-28-24(29)20-10-8-19(9-11-20)23-26-21-12-16(2)17(3)13-22(21)27-23/h4-14H,1-3H3,(H,26,27)(H,28,29)/b25-14+. The van der Waals surface area contributed by atoms with E-state index in [4.69, 9.17) is 0 Å². The Bertz CT molecular complexity index is 1160. The molecule has 0 saturated carbocycles. The lowest BCUT2D eigenvalue weighted by Gasteiger charge is -2.02. The first-order valence-electron chi connectivity index (χ1n) is 9.47. The topological polar surface area (TPSA) is 70.1 Å². The van der Waals surface area contributed by atoms with Crippen LogP contribution in [0.2, 0.25) is 0 Å². The molecule has 5 nitrogen and oxygen atoms in total. The molecular weight excluding hydrogens is 360 g/mol. The molecule has 0 aliphatic carbocycles. The summed E-state index contributed by atoms with van der Waals surface area (Å²) in [6, 6.07) is 19.4. The van der Waals surface area contributed by atoms with E-state index in [9.17, 15) is 4.79 Å². The molecule has 0 aliphatic heterocycles. The van der Waals surface area contributed by atoms with Crippen molar-refractivity contribution >= 4 is 23.2 Å².